The second-order valence-electron chi connectivity index (χ2n) is 4.37. The third-order valence-corrected chi connectivity index (χ3v) is 2.42. The number of carbonyl (C=O) groups excluding carboxylic acids is 1. The topological polar surface area (TPSA) is 44.8 Å². The van der Waals surface area contributed by atoms with Crippen LogP contribution in [0.4, 0.5) is 0 Å². The Morgan fingerprint density at radius 1 is 1.31 bits per heavy atom. The fourth-order valence-electron chi connectivity index (χ4n) is 1.30. The van der Waals surface area contributed by atoms with Crippen LogP contribution in [0.2, 0.25) is 0 Å². The highest BCUT2D eigenvalue weighted by Gasteiger charge is 2.22. The van der Waals surface area contributed by atoms with Crippen LogP contribution < -0.4 is 0 Å². The van der Waals surface area contributed by atoms with E-state index >= 15 is 0 Å². The largest absolute Gasteiger partial charge is 0.462 e. The second-order valence-corrected chi connectivity index (χ2v) is 4.37. The van der Waals surface area contributed by atoms with Crippen molar-refractivity contribution in [3.05, 3.63) is 11.1 Å². The summed E-state index contributed by atoms with van der Waals surface area (Å²) >= 11 is 0. The summed E-state index contributed by atoms with van der Waals surface area (Å²) in [5, 5.41) is 0. The second kappa shape index (κ2) is 6.01. The van der Waals surface area contributed by atoms with E-state index in [4.69, 9.17) is 14.2 Å². The van der Waals surface area contributed by atoms with E-state index < -0.39 is 0 Å². The smallest absolute Gasteiger partial charge is 0.333 e. The van der Waals surface area contributed by atoms with Crippen LogP contribution in [0.15, 0.2) is 11.1 Å². The molecule has 1 rings (SSSR count). The number of ether oxygens (including phenoxy) is 3. The minimum atomic E-state index is -0.383. The molecule has 0 spiro atoms. The van der Waals surface area contributed by atoms with Crippen LogP contribution in [0, 0.1) is 5.92 Å². The zero-order valence-electron chi connectivity index (χ0n) is 10.4. The lowest BCUT2D eigenvalue weighted by Crippen LogP contribution is -2.17. The molecule has 4 heteroatoms. The van der Waals surface area contributed by atoms with E-state index in [9.17, 15) is 4.79 Å². The van der Waals surface area contributed by atoms with Gasteiger partial charge in [-0.15, -0.1) is 0 Å². The molecule has 0 atom stereocenters. The van der Waals surface area contributed by atoms with Crippen molar-refractivity contribution in [1.29, 1.82) is 0 Å². The minimum Gasteiger partial charge on any atom is -0.462 e. The Kier molecular flexibility index (Phi) is 4.96. The molecule has 0 aliphatic carbocycles. The summed E-state index contributed by atoms with van der Waals surface area (Å²) in [5.74, 6) is 0.0568. The van der Waals surface area contributed by atoms with E-state index in [1.54, 1.807) is 6.92 Å². The molecule has 16 heavy (non-hydrogen) atoms. The van der Waals surface area contributed by atoms with Crippen molar-refractivity contribution in [3.8, 4) is 0 Å². The summed E-state index contributed by atoms with van der Waals surface area (Å²) in [7, 11) is 0. The molecule has 0 aromatic heterocycles. The number of hydrogen-bond donors (Lipinski definition) is 0. The molecule has 1 aliphatic heterocycles. The van der Waals surface area contributed by atoms with E-state index in [1.807, 2.05) is 20.8 Å². The van der Waals surface area contributed by atoms with Crippen LogP contribution in [0.3, 0.4) is 0 Å². The quantitative estimate of drug-likeness (QED) is 0.544. The van der Waals surface area contributed by atoms with Crippen molar-refractivity contribution in [1.82, 2.24) is 0 Å². The van der Waals surface area contributed by atoms with Gasteiger partial charge in [-0.2, -0.15) is 0 Å². The van der Waals surface area contributed by atoms with Gasteiger partial charge < -0.3 is 14.2 Å². The molecule has 0 aromatic carbocycles. The predicted octanol–water partition coefficient (Wildman–Crippen LogP) is 1.89. The summed E-state index contributed by atoms with van der Waals surface area (Å²) < 4.78 is 15.8. The third kappa shape index (κ3) is 3.61. The molecule has 0 saturated carbocycles. The van der Waals surface area contributed by atoms with Crippen molar-refractivity contribution < 1.29 is 19.0 Å². The molecule has 0 N–H and O–H groups in total. The van der Waals surface area contributed by atoms with Gasteiger partial charge in [-0.25, -0.2) is 4.79 Å². The zero-order valence-corrected chi connectivity index (χ0v) is 10.4. The van der Waals surface area contributed by atoms with Gasteiger partial charge in [-0.3, -0.25) is 0 Å². The van der Waals surface area contributed by atoms with Crippen molar-refractivity contribution in [2.24, 2.45) is 5.92 Å². The first-order valence-corrected chi connectivity index (χ1v) is 5.60. The average molecular weight is 228 g/mol. The van der Waals surface area contributed by atoms with Gasteiger partial charge in [0.25, 0.3) is 0 Å². The molecular weight excluding hydrogens is 208 g/mol. The number of esters is 1. The van der Waals surface area contributed by atoms with Crippen molar-refractivity contribution in [2.45, 2.75) is 34.0 Å². The molecule has 0 aromatic rings. The Hall–Kier alpha value is -0.870. The molecule has 1 fully saturated rings. The van der Waals surface area contributed by atoms with Gasteiger partial charge in [-0.1, -0.05) is 13.8 Å². The predicted molar refractivity (Wildman–Crippen MR) is 59.9 cm³/mol. The van der Waals surface area contributed by atoms with Crippen LogP contribution in [0.5, 0.6) is 0 Å². The van der Waals surface area contributed by atoms with E-state index in [-0.39, 0.29) is 12.3 Å². The van der Waals surface area contributed by atoms with Gasteiger partial charge in [0.05, 0.1) is 19.8 Å². The average Bonchev–Trinajstić information content (AvgIpc) is 2.77. The summed E-state index contributed by atoms with van der Waals surface area (Å²) in [4.78, 5) is 11.7. The van der Waals surface area contributed by atoms with Crippen molar-refractivity contribution >= 4 is 5.97 Å². The van der Waals surface area contributed by atoms with E-state index in [2.05, 4.69) is 0 Å². The van der Waals surface area contributed by atoms with E-state index in [1.165, 1.54) is 0 Å². The monoisotopic (exact) mass is 228 g/mol. The first kappa shape index (κ1) is 13.2. The van der Waals surface area contributed by atoms with Gasteiger partial charge in [0, 0.05) is 5.57 Å². The highest BCUT2D eigenvalue weighted by molar-refractivity contribution is 5.88. The summed E-state index contributed by atoms with van der Waals surface area (Å²) in [5.41, 5.74) is 1.37. The Morgan fingerprint density at radius 3 is 2.38 bits per heavy atom. The fraction of sp³-hybridized carbons (Fsp3) is 0.750. The van der Waals surface area contributed by atoms with Crippen LogP contribution in [-0.2, 0) is 19.0 Å². The molecule has 0 radical (unpaired) electrons. The lowest BCUT2D eigenvalue weighted by atomic mass is 10.1. The number of rotatable bonds is 4. The lowest BCUT2D eigenvalue weighted by molar-refractivity contribution is -0.140. The van der Waals surface area contributed by atoms with Gasteiger partial charge in [0.1, 0.15) is 0 Å². The molecule has 0 unspecified atom stereocenters. The normalized spacial score (nSPS) is 18.8. The zero-order chi connectivity index (χ0) is 12.1. The molecule has 0 amide bonds. The van der Waals surface area contributed by atoms with Crippen LogP contribution in [-0.4, -0.2) is 32.1 Å². The summed E-state index contributed by atoms with van der Waals surface area (Å²) in [6.07, 6.45) is -0.383. The van der Waals surface area contributed by atoms with Crippen molar-refractivity contribution in [3.63, 3.8) is 0 Å². The summed E-state index contributed by atoms with van der Waals surface area (Å²) in [6.45, 7) is 9.18. The minimum absolute atomic E-state index is 0.287. The van der Waals surface area contributed by atoms with Crippen LogP contribution >= 0.6 is 0 Å². The standard InChI is InChI=1S/C12H20O4/c1-8(2)7-16-11(13)9(3)10(4)12-14-5-6-15-12/h8,12H,5-7H2,1-4H3. The highest BCUT2D eigenvalue weighted by atomic mass is 16.7. The molecular formula is C12H20O4. The SMILES string of the molecule is CC(C(=O)OCC(C)C)=C(C)C1OCCO1. The van der Waals surface area contributed by atoms with Gasteiger partial charge in [0.15, 0.2) is 6.29 Å². The first-order valence-electron chi connectivity index (χ1n) is 5.60. The van der Waals surface area contributed by atoms with Crippen LogP contribution in [0.1, 0.15) is 27.7 Å². The Bertz CT molecular complexity index is 275. The van der Waals surface area contributed by atoms with E-state index in [0.29, 0.717) is 31.3 Å². The Labute approximate surface area is 96.6 Å². The van der Waals surface area contributed by atoms with E-state index in [0.717, 1.165) is 5.57 Å². The maximum absolute atomic E-state index is 11.7. The van der Waals surface area contributed by atoms with Gasteiger partial charge in [0.2, 0.25) is 0 Å². The fourth-order valence-corrected chi connectivity index (χ4v) is 1.30. The van der Waals surface area contributed by atoms with Crippen LogP contribution in [0.25, 0.3) is 0 Å². The Balaban J connectivity index is 2.55. The maximum Gasteiger partial charge on any atom is 0.333 e. The maximum atomic E-state index is 11.7. The molecule has 92 valence electrons. The number of carbonyl (C=O) groups is 1. The van der Waals surface area contributed by atoms with Gasteiger partial charge >= 0.3 is 5.97 Å². The first-order chi connectivity index (χ1) is 7.52. The lowest BCUT2D eigenvalue weighted by Gasteiger charge is -2.13. The molecule has 1 heterocycles. The molecule has 1 aliphatic rings. The van der Waals surface area contributed by atoms with Crippen molar-refractivity contribution in [2.75, 3.05) is 19.8 Å². The third-order valence-electron chi connectivity index (χ3n) is 2.42. The highest BCUT2D eigenvalue weighted by Crippen LogP contribution is 2.18. The summed E-state index contributed by atoms with van der Waals surface area (Å²) in [6, 6.07) is 0. The number of hydrogen-bond acceptors (Lipinski definition) is 4. The molecule has 0 bridgehead atoms. The van der Waals surface area contributed by atoms with Gasteiger partial charge in [-0.05, 0) is 25.3 Å². The Morgan fingerprint density at radius 2 is 1.88 bits per heavy atom. The molecule has 4 nitrogen and oxygen atoms in total. The molecule has 1 saturated heterocycles.